The molecule has 0 amide bonds. The average molecular weight is 236 g/mol. The number of fused-ring (bicyclic) bond motifs is 1. The van der Waals surface area contributed by atoms with Crippen molar-refractivity contribution in [3.05, 3.63) is 23.8 Å². The van der Waals surface area contributed by atoms with Crippen molar-refractivity contribution < 1.29 is 24.9 Å². The van der Waals surface area contributed by atoms with Gasteiger partial charge < -0.3 is 20.1 Å². The van der Waals surface area contributed by atoms with E-state index in [1.54, 1.807) is 19.1 Å². The monoisotopic (exact) mass is 236 g/mol. The number of rotatable bonds is 2. The molecule has 90 valence electrons. The van der Waals surface area contributed by atoms with Crippen LogP contribution in [0.5, 0.6) is 0 Å². The van der Waals surface area contributed by atoms with Crippen molar-refractivity contribution in [3.8, 4) is 0 Å². The van der Waals surface area contributed by atoms with E-state index < -0.39 is 12.7 Å². The van der Waals surface area contributed by atoms with E-state index in [0.717, 1.165) is 0 Å². The van der Waals surface area contributed by atoms with Crippen LogP contribution < -0.4 is 15.7 Å². The van der Waals surface area contributed by atoms with E-state index in [-0.39, 0.29) is 6.42 Å². The number of amidine groups is 1. The summed E-state index contributed by atoms with van der Waals surface area (Å²) in [6.07, 6.45) is -0.0989. The third kappa shape index (κ3) is 2.30. The normalized spacial score (nSPS) is 16.8. The number of anilines is 1. The highest BCUT2D eigenvalue weighted by Gasteiger charge is 2.34. The Kier molecular flexibility index (Phi) is 2.64. The third-order valence-electron chi connectivity index (χ3n) is 2.65. The first-order chi connectivity index (χ1) is 7.88. The molecule has 0 spiro atoms. The van der Waals surface area contributed by atoms with E-state index in [0.29, 0.717) is 22.5 Å². The molecule has 0 saturated heterocycles. The van der Waals surface area contributed by atoms with Gasteiger partial charge in [-0.25, -0.2) is 0 Å². The van der Waals surface area contributed by atoms with Gasteiger partial charge in [-0.05, 0) is 11.6 Å². The Bertz CT molecular complexity index is 513. The van der Waals surface area contributed by atoms with Crippen LogP contribution >= 0.6 is 0 Å². The molecule has 17 heavy (non-hydrogen) atoms. The molecule has 6 nitrogen and oxygen atoms in total. The summed E-state index contributed by atoms with van der Waals surface area (Å²) in [4.78, 5) is 13.1. The van der Waals surface area contributed by atoms with Crippen molar-refractivity contribution in [2.45, 2.75) is 13.3 Å². The van der Waals surface area contributed by atoms with Gasteiger partial charge in [-0.2, -0.15) is 0 Å². The summed E-state index contributed by atoms with van der Waals surface area (Å²) < 4.78 is 0. The Morgan fingerprint density at radius 2 is 2.18 bits per heavy atom. The zero-order valence-corrected chi connectivity index (χ0v) is 9.27. The lowest BCUT2D eigenvalue weighted by Crippen LogP contribution is -2.98. The zero-order chi connectivity index (χ0) is 12.6. The summed E-state index contributed by atoms with van der Waals surface area (Å²) in [5.74, 6) is -0.417. The molecular formula is C10H13BN2O4. The minimum atomic E-state index is -2.81. The molecule has 1 aromatic carbocycles. The second-order valence-corrected chi connectivity index (χ2v) is 4.16. The number of aliphatic carboxylic acids is 1. The van der Waals surface area contributed by atoms with Gasteiger partial charge in [-0.15, -0.1) is 0 Å². The maximum atomic E-state index is 10.6. The van der Waals surface area contributed by atoms with Gasteiger partial charge in [-0.3, -0.25) is 10.1 Å². The first-order valence-corrected chi connectivity index (χ1v) is 5.22. The van der Waals surface area contributed by atoms with Gasteiger partial charge in [0.1, 0.15) is 0 Å². The van der Waals surface area contributed by atoms with Gasteiger partial charge >= 0.3 is 12.7 Å². The summed E-state index contributed by atoms with van der Waals surface area (Å²) in [5, 5.41) is 31.2. The minimum absolute atomic E-state index is 0.0989. The molecule has 0 aliphatic carbocycles. The quantitative estimate of drug-likeness (QED) is 0.361. The molecule has 0 bridgehead atoms. The maximum Gasteiger partial charge on any atom is 0.474 e. The van der Waals surface area contributed by atoms with Crippen molar-refractivity contribution in [2.75, 3.05) is 5.32 Å². The Morgan fingerprint density at radius 1 is 1.47 bits per heavy atom. The number of nitrogens with one attached hydrogen (secondary N) is 2. The second kappa shape index (κ2) is 3.87. The fourth-order valence-electron chi connectivity index (χ4n) is 1.97. The van der Waals surface area contributed by atoms with Gasteiger partial charge in [0, 0.05) is 6.92 Å². The van der Waals surface area contributed by atoms with Crippen LogP contribution in [0.3, 0.4) is 0 Å². The molecule has 0 aromatic heterocycles. The molecule has 0 saturated carbocycles. The van der Waals surface area contributed by atoms with Gasteiger partial charge in [0.05, 0.1) is 12.1 Å². The Labute approximate surface area is 97.6 Å². The van der Waals surface area contributed by atoms with Crippen molar-refractivity contribution >= 4 is 29.6 Å². The van der Waals surface area contributed by atoms with E-state index in [2.05, 4.69) is 10.2 Å². The first kappa shape index (κ1) is 11.6. The molecule has 0 unspecified atom stereocenters. The maximum absolute atomic E-state index is 10.6. The lowest BCUT2D eigenvalue weighted by atomic mass is 9.63. The summed E-state index contributed by atoms with van der Waals surface area (Å²) in [6, 6.07) is 4.69. The van der Waals surface area contributed by atoms with Crippen molar-refractivity contribution in [3.63, 3.8) is 0 Å². The summed E-state index contributed by atoms with van der Waals surface area (Å²) in [7, 11) is 0. The Balaban J connectivity index is 2.42. The van der Waals surface area contributed by atoms with Crippen LogP contribution in [0.1, 0.15) is 12.5 Å². The smallest absolute Gasteiger partial charge is 0.474 e. The van der Waals surface area contributed by atoms with Gasteiger partial charge in [0.25, 0.3) is 0 Å². The van der Waals surface area contributed by atoms with Crippen LogP contribution in [0.2, 0.25) is 0 Å². The summed E-state index contributed by atoms with van der Waals surface area (Å²) in [5.41, 5.74) is 1.44. The highest BCUT2D eigenvalue weighted by atomic mass is 16.4. The molecule has 5 N–H and O–H groups in total. The average Bonchev–Trinajstić information content (AvgIpc) is 2.13. The van der Waals surface area contributed by atoms with E-state index in [9.17, 15) is 14.8 Å². The van der Waals surface area contributed by atoms with Gasteiger partial charge in [0.2, 0.25) is 5.84 Å². The SMILES string of the molecule is CC1=[NH+][B-](O)(O)c2ccc(CC(=O)O)cc2N1. The van der Waals surface area contributed by atoms with E-state index >= 15 is 0 Å². The van der Waals surface area contributed by atoms with E-state index in [1.165, 1.54) is 6.07 Å². The molecule has 0 fully saturated rings. The largest absolute Gasteiger partial charge is 0.540 e. The molecule has 0 atom stereocenters. The lowest BCUT2D eigenvalue weighted by Gasteiger charge is -2.27. The second-order valence-electron chi connectivity index (χ2n) is 4.16. The van der Waals surface area contributed by atoms with E-state index in [1.807, 2.05) is 0 Å². The Hall–Kier alpha value is -1.86. The van der Waals surface area contributed by atoms with Crippen LogP contribution in [0, 0.1) is 0 Å². The van der Waals surface area contributed by atoms with Crippen LogP contribution in [-0.2, 0) is 11.2 Å². The predicted molar refractivity (Wildman–Crippen MR) is 62.9 cm³/mol. The highest BCUT2D eigenvalue weighted by Crippen LogP contribution is 2.12. The molecule has 2 rings (SSSR count). The van der Waals surface area contributed by atoms with Crippen LogP contribution in [0.4, 0.5) is 5.69 Å². The number of hydrogen-bond donors (Lipinski definition) is 5. The number of hydrogen-bond acceptors (Lipinski definition) is 4. The number of carboxylic acids is 1. The van der Waals surface area contributed by atoms with Crippen molar-refractivity contribution in [2.24, 2.45) is 0 Å². The lowest BCUT2D eigenvalue weighted by molar-refractivity contribution is -0.348. The van der Waals surface area contributed by atoms with Gasteiger partial charge in [-0.1, -0.05) is 17.6 Å². The molecule has 1 aliphatic heterocycles. The molecule has 1 aliphatic rings. The number of carbonyl (C=O) groups is 1. The predicted octanol–water partition coefficient (Wildman–Crippen LogP) is -2.63. The van der Waals surface area contributed by atoms with E-state index in [4.69, 9.17) is 5.11 Å². The zero-order valence-electron chi connectivity index (χ0n) is 9.27. The number of benzene rings is 1. The molecule has 0 radical (unpaired) electrons. The fourth-order valence-corrected chi connectivity index (χ4v) is 1.97. The van der Waals surface area contributed by atoms with Crippen LogP contribution in [0.15, 0.2) is 18.2 Å². The first-order valence-electron chi connectivity index (χ1n) is 5.22. The van der Waals surface area contributed by atoms with Crippen molar-refractivity contribution in [1.82, 2.24) is 0 Å². The van der Waals surface area contributed by atoms with Crippen LogP contribution in [0.25, 0.3) is 0 Å². The summed E-state index contributed by atoms with van der Waals surface area (Å²) >= 11 is 0. The molecule has 1 aromatic rings. The van der Waals surface area contributed by atoms with Crippen molar-refractivity contribution in [1.29, 1.82) is 0 Å². The number of carboxylic acid groups (broad SMARTS) is 1. The third-order valence-corrected chi connectivity index (χ3v) is 2.65. The van der Waals surface area contributed by atoms with Crippen LogP contribution in [-0.4, -0.2) is 33.6 Å². The highest BCUT2D eigenvalue weighted by molar-refractivity contribution is 6.73. The topological polar surface area (TPSA) is 104 Å². The van der Waals surface area contributed by atoms with Gasteiger partial charge in [0.15, 0.2) is 0 Å². The standard InChI is InChI=1S/C10H13BN2O4/c1-6-12-9-4-7(5-10(14)15)2-3-8(9)11(16,17)13-6/h2-4,12-13,16-17H,5H2,1H3,(H,14,15). The summed E-state index contributed by atoms with van der Waals surface area (Å²) in [6.45, 7) is -1.15. The fraction of sp³-hybridized carbons (Fsp3) is 0.200. The Morgan fingerprint density at radius 3 is 2.82 bits per heavy atom. The molecule has 7 heteroatoms. The molecular weight excluding hydrogens is 223 g/mol. The minimum Gasteiger partial charge on any atom is -0.540 e. The molecule has 1 heterocycles.